The van der Waals surface area contributed by atoms with Gasteiger partial charge in [-0.05, 0) is 18.8 Å². The van der Waals surface area contributed by atoms with Gasteiger partial charge in [0.15, 0.2) is 0 Å². The monoisotopic (exact) mass is 280 g/mol. The van der Waals surface area contributed by atoms with Gasteiger partial charge in [0.2, 0.25) is 0 Å². The maximum atomic E-state index is 11.7. The molecule has 2 atom stereocenters. The fraction of sp³-hybridized carbons (Fsp3) is 0.615. The summed E-state index contributed by atoms with van der Waals surface area (Å²) in [6.07, 6.45) is 6.91. The average Bonchev–Trinajstić information content (AvgIpc) is 2.96. The van der Waals surface area contributed by atoms with Crippen LogP contribution in [0.2, 0.25) is 0 Å². The number of hydrogen-bond donors (Lipinski definition) is 4. The topological polar surface area (TPSA) is 107 Å². The van der Waals surface area contributed by atoms with E-state index in [9.17, 15) is 9.59 Å². The van der Waals surface area contributed by atoms with Gasteiger partial charge < -0.3 is 15.7 Å². The van der Waals surface area contributed by atoms with Gasteiger partial charge in [0, 0.05) is 24.8 Å². The Morgan fingerprint density at radius 2 is 2.15 bits per heavy atom. The number of carbonyl (C=O) groups excluding carboxylic acids is 1. The maximum Gasteiger partial charge on any atom is 0.315 e. The van der Waals surface area contributed by atoms with Crippen molar-refractivity contribution in [2.75, 3.05) is 6.54 Å². The van der Waals surface area contributed by atoms with E-state index >= 15 is 0 Å². The number of rotatable bonds is 5. The van der Waals surface area contributed by atoms with Gasteiger partial charge in [0.05, 0.1) is 12.1 Å². The minimum absolute atomic E-state index is 0.0286. The first kappa shape index (κ1) is 14.4. The summed E-state index contributed by atoms with van der Waals surface area (Å²) in [5.74, 6) is -1.06. The molecule has 1 aromatic rings. The molecule has 7 nitrogen and oxygen atoms in total. The molecule has 1 aliphatic carbocycles. The van der Waals surface area contributed by atoms with E-state index in [0.717, 1.165) is 24.8 Å². The zero-order valence-electron chi connectivity index (χ0n) is 11.3. The molecule has 1 heterocycles. The lowest BCUT2D eigenvalue weighted by atomic mass is 9.79. The molecule has 4 N–H and O–H groups in total. The molecular formula is C13H20N4O3. The fourth-order valence-electron chi connectivity index (χ4n) is 2.62. The Bertz CT molecular complexity index is 446. The number of nitrogens with zero attached hydrogens (tertiary/aromatic N) is 1. The van der Waals surface area contributed by atoms with Crippen molar-refractivity contribution in [3.63, 3.8) is 0 Å². The number of carboxylic acid groups (broad SMARTS) is 1. The molecule has 20 heavy (non-hydrogen) atoms. The van der Waals surface area contributed by atoms with Crippen molar-refractivity contribution in [1.29, 1.82) is 0 Å². The molecule has 0 spiro atoms. The first-order valence-corrected chi connectivity index (χ1v) is 6.89. The summed E-state index contributed by atoms with van der Waals surface area (Å²) >= 11 is 0. The van der Waals surface area contributed by atoms with Gasteiger partial charge in [-0.25, -0.2) is 4.79 Å². The van der Waals surface area contributed by atoms with Gasteiger partial charge in [-0.3, -0.25) is 9.89 Å². The maximum absolute atomic E-state index is 11.7. The van der Waals surface area contributed by atoms with Crippen LogP contribution in [0.3, 0.4) is 0 Å². The summed E-state index contributed by atoms with van der Waals surface area (Å²) in [4.78, 5) is 22.8. The number of aromatic amines is 1. The van der Waals surface area contributed by atoms with E-state index in [4.69, 9.17) is 5.11 Å². The molecule has 0 aromatic carbocycles. The normalized spacial score (nSPS) is 22.2. The Balaban J connectivity index is 1.72. The van der Waals surface area contributed by atoms with Crippen LogP contribution in [0.1, 0.15) is 31.2 Å². The van der Waals surface area contributed by atoms with Crippen LogP contribution in [-0.2, 0) is 11.3 Å². The zero-order chi connectivity index (χ0) is 14.4. The van der Waals surface area contributed by atoms with Gasteiger partial charge >= 0.3 is 12.0 Å². The van der Waals surface area contributed by atoms with Crippen molar-refractivity contribution in [2.24, 2.45) is 11.8 Å². The molecule has 0 bridgehead atoms. The van der Waals surface area contributed by atoms with E-state index in [1.807, 2.05) is 0 Å². The number of aliphatic carboxylic acids is 1. The van der Waals surface area contributed by atoms with Crippen molar-refractivity contribution in [3.05, 3.63) is 18.0 Å². The summed E-state index contributed by atoms with van der Waals surface area (Å²) in [6, 6.07) is -0.277. The Hall–Kier alpha value is -2.05. The highest BCUT2D eigenvalue weighted by atomic mass is 16.4. The third-order valence-electron chi connectivity index (χ3n) is 3.76. The molecule has 1 aromatic heterocycles. The summed E-state index contributed by atoms with van der Waals surface area (Å²) < 4.78 is 0. The van der Waals surface area contributed by atoms with Crippen molar-refractivity contribution < 1.29 is 14.7 Å². The molecule has 0 radical (unpaired) electrons. The predicted molar refractivity (Wildman–Crippen MR) is 71.9 cm³/mol. The predicted octanol–water partition coefficient (Wildman–Crippen LogP) is 1.10. The minimum Gasteiger partial charge on any atom is -0.481 e. The van der Waals surface area contributed by atoms with E-state index in [-0.39, 0.29) is 17.9 Å². The molecule has 2 rings (SSSR count). The third kappa shape index (κ3) is 3.97. The summed E-state index contributed by atoms with van der Waals surface area (Å²) in [7, 11) is 0. The third-order valence-corrected chi connectivity index (χ3v) is 3.76. The SMILES string of the molecule is O=C(NCc1cn[nH]c1)NCC1CCCCC1C(=O)O. The second-order valence-electron chi connectivity index (χ2n) is 5.16. The Morgan fingerprint density at radius 1 is 1.35 bits per heavy atom. The molecule has 0 saturated heterocycles. The number of nitrogens with one attached hydrogen (secondary N) is 3. The second kappa shape index (κ2) is 6.93. The van der Waals surface area contributed by atoms with Crippen molar-refractivity contribution >= 4 is 12.0 Å². The van der Waals surface area contributed by atoms with E-state index in [1.165, 1.54) is 0 Å². The minimum atomic E-state index is -0.754. The van der Waals surface area contributed by atoms with Crippen LogP contribution in [-0.4, -0.2) is 33.8 Å². The van der Waals surface area contributed by atoms with Crippen LogP contribution in [0.4, 0.5) is 4.79 Å². The van der Waals surface area contributed by atoms with Crippen LogP contribution in [0, 0.1) is 11.8 Å². The number of amides is 2. The molecule has 0 aliphatic heterocycles. The van der Waals surface area contributed by atoms with Gasteiger partial charge in [0.25, 0.3) is 0 Å². The largest absolute Gasteiger partial charge is 0.481 e. The van der Waals surface area contributed by atoms with E-state index in [1.54, 1.807) is 12.4 Å². The number of H-pyrrole nitrogens is 1. The molecule has 2 unspecified atom stereocenters. The first-order valence-electron chi connectivity index (χ1n) is 6.89. The van der Waals surface area contributed by atoms with E-state index in [0.29, 0.717) is 19.5 Å². The molecule has 1 fully saturated rings. The van der Waals surface area contributed by atoms with Crippen LogP contribution < -0.4 is 10.6 Å². The van der Waals surface area contributed by atoms with Gasteiger partial charge in [0.1, 0.15) is 0 Å². The average molecular weight is 280 g/mol. The number of carboxylic acids is 1. The number of hydrogen-bond acceptors (Lipinski definition) is 3. The lowest BCUT2D eigenvalue weighted by Gasteiger charge is -2.28. The van der Waals surface area contributed by atoms with Gasteiger partial charge in [-0.15, -0.1) is 0 Å². The first-order chi connectivity index (χ1) is 9.66. The highest BCUT2D eigenvalue weighted by Crippen LogP contribution is 2.29. The molecular weight excluding hydrogens is 260 g/mol. The molecule has 1 saturated carbocycles. The lowest BCUT2D eigenvalue weighted by molar-refractivity contribution is -0.144. The lowest BCUT2D eigenvalue weighted by Crippen LogP contribution is -2.41. The smallest absolute Gasteiger partial charge is 0.315 e. The summed E-state index contributed by atoms with van der Waals surface area (Å²) in [5.41, 5.74) is 0.890. The Morgan fingerprint density at radius 3 is 2.85 bits per heavy atom. The van der Waals surface area contributed by atoms with Crippen LogP contribution in [0.15, 0.2) is 12.4 Å². The van der Waals surface area contributed by atoms with Crippen LogP contribution in [0.25, 0.3) is 0 Å². The van der Waals surface area contributed by atoms with Crippen molar-refractivity contribution in [2.45, 2.75) is 32.2 Å². The second-order valence-corrected chi connectivity index (χ2v) is 5.16. The standard InChI is InChI=1S/C13H20N4O3/c18-12(19)11-4-2-1-3-10(11)8-15-13(20)14-5-9-6-16-17-7-9/h6-7,10-11H,1-5,8H2,(H,16,17)(H,18,19)(H2,14,15,20). The highest BCUT2D eigenvalue weighted by Gasteiger charge is 2.30. The number of aromatic nitrogens is 2. The quantitative estimate of drug-likeness (QED) is 0.647. The Labute approximate surface area is 117 Å². The molecule has 110 valence electrons. The number of urea groups is 1. The summed E-state index contributed by atoms with van der Waals surface area (Å²) in [6.45, 7) is 0.809. The van der Waals surface area contributed by atoms with Gasteiger partial charge in [-0.1, -0.05) is 12.8 Å². The summed E-state index contributed by atoms with van der Waals surface area (Å²) in [5, 5.41) is 21.1. The van der Waals surface area contributed by atoms with E-state index < -0.39 is 5.97 Å². The van der Waals surface area contributed by atoms with Crippen LogP contribution >= 0.6 is 0 Å². The highest BCUT2D eigenvalue weighted by molar-refractivity contribution is 5.74. The molecule has 1 aliphatic rings. The van der Waals surface area contributed by atoms with E-state index in [2.05, 4.69) is 20.8 Å². The van der Waals surface area contributed by atoms with Crippen molar-refractivity contribution in [1.82, 2.24) is 20.8 Å². The zero-order valence-corrected chi connectivity index (χ0v) is 11.3. The molecule has 7 heteroatoms. The molecule has 2 amide bonds. The Kier molecular flexibility index (Phi) is 4.97. The van der Waals surface area contributed by atoms with Crippen LogP contribution in [0.5, 0.6) is 0 Å². The number of carbonyl (C=O) groups is 2. The van der Waals surface area contributed by atoms with Gasteiger partial charge in [-0.2, -0.15) is 5.10 Å². The van der Waals surface area contributed by atoms with Crippen molar-refractivity contribution in [3.8, 4) is 0 Å². The fourth-order valence-corrected chi connectivity index (χ4v) is 2.62.